The summed E-state index contributed by atoms with van der Waals surface area (Å²) in [6.07, 6.45) is -8.19. The van der Waals surface area contributed by atoms with Crippen molar-refractivity contribution in [1.29, 1.82) is 0 Å². The van der Waals surface area contributed by atoms with E-state index in [2.05, 4.69) is 49.5 Å². The lowest BCUT2D eigenvalue weighted by Gasteiger charge is -2.17. The van der Waals surface area contributed by atoms with Crippen LogP contribution >= 0.6 is 39.1 Å². The molecule has 2 N–H and O–H groups in total. The molecule has 4 heterocycles. The first kappa shape index (κ1) is 59.7. The molecule has 1 radical (unpaired) electrons. The fourth-order valence-corrected chi connectivity index (χ4v) is 7.94. The second-order valence-electron chi connectivity index (χ2n) is 15.7. The largest absolute Gasteiger partial charge is 0.573 e. The minimum Gasteiger partial charge on any atom is -0.468 e. The zero-order valence-corrected chi connectivity index (χ0v) is 42.7. The summed E-state index contributed by atoms with van der Waals surface area (Å²) in [5.74, 6) is -0.997. The number of halogens is 9. The van der Waals surface area contributed by atoms with Crippen LogP contribution in [0.4, 0.5) is 31.1 Å². The van der Waals surface area contributed by atoms with Crippen molar-refractivity contribution in [1.82, 2.24) is 28.2 Å². The molecule has 4 aromatic heterocycles. The van der Waals surface area contributed by atoms with Gasteiger partial charge in [0.15, 0.2) is 5.75 Å². The molecule has 0 amide bonds. The maximum Gasteiger partial charge on any atom is 0.573 e. The number of alkyl halides is 6. The summed E-state index contributed by atoms with van der Waals surface area (Å²) in [6.45, 7) is 0.0846. The Balaban J connectivity index is 0.000000225. The van der Waals surface area contributed by atoms with Crippen LogP contribution in [-0.4, -0.2) is 84.6 Å². The van der Waals surface area contributed by atoms with E-state index in [1.165, 1.54) is 29.8 Å². The third-order valence-corrected chi connectivity index (χ3v) is 11.8. The highest BCUT2D eigenvalue weighted by Crippen LogP contribution is 2.32. The number of pyridine rings is 2. The van der Waals surface area contributed by atoms with Crippen LogP contribution in [-0.2, 0) is 65.6 Å². The summed E-state index contributed by atoms with van der Waals surface area (Å²) in [5.41, 5.74) is 0.265. The number of ether oxygens (including phenoxy) is 4. The van der Waals surface area contributed by atoms with Crippen molar-refractivity contribution >= 4 is 81.5 Å². The Morgan fingerprint density at radius 2 is 1.22 bits per heavy atom. The van der Waals surface area contributed by atoms with Gasteiger partial charge in [-0.15, -0.1) is 26.3 Å². The monoisotopic (exact) mass is 1170 g/mol. The Kier molecular flexibility index (Phi) is 21.2. The van der Waals surface area contributed by atoms with E-state index in [1.54, 1.807) is 55.7 Å². The molecule has 7 rings (SSSR count). The van der Waals surface area contributed by atoms with E-state index < -0.39 is 47.1 Å². The molecule has 19 nitrogen and oxygen atoms in total. The topological polar surface area (TPSA) is 235 Å². The molecular formula is C47H41BBrCl2F6N6O13. The van der Waals surface area contributed by atoms with Gasteiger partial charge < -0.3 is 33.7 Å². The molecule has 0 saturated heterocycles. The standard InChI is InChI=1S/C20H17ClF3N3O6.C19H17BrClN3O4.C8H7BF3O3/c1-26-16-15(17(28)27(18(26)29)7-2-8-32-19(30)31)13(9-11-3-5-12(21)6-4-11)14(10-25-16)33-20(22,23)24;1-23-17-16(18(26)24(19(23)27)7-2-8-28-11-25)14(15(20)10-22-17)9-12-3-5-13(21)6-4-12;10-8(11,12)15-7-3-1-2-6(4-7)5-14-9-13/h3-6,10H,2,7-9H2,1H3,(H,30,31);3-6,10-11H,2,7-9H2,1H3;1-4,13H,5H2. The number of carboxylic acid groups (broad SMARTS) is 1. The van der Waals surface area contributed by atoms with Crippen molar-refractivity contribution in [3.8, 4) is 11.5 Å². The van der Waals surface area contributed by atoms with Gasteiger partial charge in [0.1, 0.15) is 17.0 Å². The first-order valence-electron chi connectivity index (χ1n) is 21.9. The van der Waals surface area contributed by atoms with Gasteiger partial charge in [-0.2, -0.15) is 0 Å². The van der Waals surface area contributed by atoms with Gasteiger partial charge in [-0.3, -0.25) is 32.7 Å². The molecule has 0 bridgehead atoms. The SMILES string of the molecule is Cn1c(=O)n(CCCOC(=O)O)c(=O)c2c(Cc3ccc(Cl)cc3)c(OC(F)(F)F)cnc21.Cn1c(=O)n(CCCOC=O)c(=O)c2c(Cc3ccc(Cl)cc3)c(Br)cnc21.O[B]OCc1cccc(OC(F)(F)F)c1. The third-order valence-electron chi connectivity index (χ3n) is 10.6. The van der Waals surface area contributed by atoms with Crippen molar-refractivity contribution in [2.24, 2.45) is 14.1 Å². The Bertz CT molecular complexity index is 3420. The summed E-state index contributed by atoms with van der Waals surface area (Å²) in [7, 11) is 3.37. The van der Waals surface area contributed by atoms with Gasteiger partial charge in [0.2, 0.25) is 0 Å². The van der Waals surface area contributed by atoms with Crippen LogP contribution in [0.5, 0.6) is 11.5 Å². The van der Waals surface area contributed by atoms with E-state index in [0.717, 1.165) is 31.0 Å². The Morgan fingerprint density at radius 3 is 1.72 bits per heavy atom. The number of rotatable bonds is 18. The van der Waals surface area contributed by atoms with Crippen LogP contribution in [0.25, 0.3) is 22.1 Å². The maximum atomic E-state index is 13.2. The predicted molar refractivity (Wildman–Crippen MR) is 267 cm³/mol. The third kappa shape index (κ3) is 16.7. The average molecular weight is 1170 g/mol. The van der Waals surface area contributed by atoms with Crippen molar-refractivity contribution in [2.45, 2.75) is 58.1 Å². The predicted octanol–water partition coefficient (Wildman–Crippen LogP) is 7.62. The maximum absolute atomic E-state index is 13.2. The summed E-state index contributed by atoms with van der Waals surface area (Å²) in [4.78, 5) is 80.5. The Labute approximate surface area is 443 Å². The summed E-state index contributed by atoms with van der Waals surface area (Å²) in [5, 5.41) is 18.0. The highest BCUT2D eigenvalue weighted by Gasteiger charge is 2.34. The Hall–Kier alpha value is -7.20. The van der Waals surface area contributed by atoms with Crippen molar-refractivity contribution in [3.63, 3.8) is 0 Å². The number of nitrogens with zero attached hydrogens (tertiary/aromatic N) is 6. The molecule has 0 aliphatic rings. The molecule has 403 valence electrons. The van der Waals surface area contributed by atoms with E-state index in [0.29, 0.717) is 63.7 Å². The number of carbonyl (C=O) groups is 2. The smallest absolute Gasteiger partial charge is 0.468 e. The van der Waals surface area contributed by atoms with E-state index in [-0.39, 0.29) is 68.1 Å². The van der Waals surface area contributed by atoms with Crippen molar-refractivity contribution < 1.29 is 69.7 Å². The summed E-state index contributed by atoms with van der Waals surface area (Å²) < 4.78 is 101. The zero-order chi connectivity index (χ0) is 55.9. The number of aromatic nitrogens is 6. The first-order valence-corrected chi connectivity index (χ1v) is 23.4. The molecule has 29 heteroatoms. The van der Waals surface area contributed by atoms with Gasteiger partial charge in [-0.25, -0.2) is 24.4 Å². The van der Waals surface area contributed by atoms with Crippen LogP contribution < -0.4 is 32.0 Å². The number of aryl methyl sites for hydroxylation is 2. The first-order chi connectivity index (χ1) is 35.9. The normalized spacial score (nSPS) is 11.3. The van der Waals surface area contributed by atoms with Gasteiger partial charge in [-0.05, 0) is 93.8 Å². The molecule has 76 heavy (non-hydrogen) atoms. The Morgan fingerprint density at radius 1 is 0.724 bits per heavy atom. The van der Waals surface area contributed by atoms with E-state index in [9.17, 15) is 55.1 Å². The minimum atomic E-state index is -5.04. The number of carbonyl (C=O) groups excluding carboxylic acids is 1. The van der Waals surface area contributed by atoms with E-state index in [4.69, 9.17) is 33.3 Å². The van der Waals surface area contributed by atoms with Gasteiger partial charge in [0.25, 0.3) is 17.6 Å². The van der Waals surface area contributed by atoms with Gasteiger partial charge in [0, 0.05) is 59.9 Å². The minimum absolute atomic E-state index is 0.00829. The summed E-state index contributed by atoms with van der Waals surface area (Å²) >= 11 is 15.3. The molecule has 0 aliphatic carbocycles. The van der Waals surface area contributed by atoms with Gasteiger partial charge in [-0.1, -0.05) is 59.6 Å². The molecule has 3 aromatic carbocycles. The van der Waals surface area contributed by atoms with Gasteiger partial charge in [0.05, 0.1) is 36.8 Å². The van der Waals surface area contributed by atoms with E-state index in [1.807, 2.05) is 12.1 Å². The number of benzene rings is 3. The van der Waals surface area contributed by atoms with Crippen molar-refractivity contribution in [3.05, 3.63) is 169 Å². The number of hydrogen-bond donors (Lipinski definition) is 2. The lowest BCUT2D eigenvalue weighted by molar-refractivity contribution is -0.275. The number of hydrogen-bond acceptors (Lipinski definition) is 14. The lowest BCUT2D eigenvalue weighted by Crippen LogP contribution is -2.40. The highest BCUT2D eigenvalue weighted by atomic mass is 79.9. The van der Waals surface area contributed by atoms with Crippen LogP contribution in [0.15, 0.2) is 109 Å². The average Bonchev–Trinajstić information content (AvgIpc) is 3.35. The van der Waals surface area contributed by atoms with Crippen LogP contribution in [0, 0.1) is 0 Å². The fraction of sp³-hybridized carbons (Fsp3) is 0.277. The zero-order valence-electron chi connectivity index (χ0n) is 39.6. The molecule has 0 unspecified atom stereocenters. The van der Waals surface area contributed by atoms with E-state index >= 15 is 0 Å². The highest BCUT2D eigenvalue weighted by molar-refractivity contribution is 9.10. The quantitative estimate of drug-likeness (QED) is 0.0277. The van der Waals surface area contributed by atoms with Crippen molar-refractivity contribution in [2.75, 3.05) is 13.2 Å². The number of fused-ring (bicyclic) bond motifs is 2. The molecule has 0 aliphatic heterocycles. The molecule has 7 aromatic rings. The summed E-state index contributed by atoms with van der Waals surface area (Å²) in [6, 6.07) is 18.9. The second-order valence-corrected chi connectivity index (χ2v) is 17.5. The van der Waals surface area contributed by atoms with Gasteiger partial charge >= 0.3 is 37.9 Å². The molecule has 0 fully saturated rings. The van der Waals surface area contributed by atoms with Crippen LogP contribution in [0.2, 0.25) is 10.0 Å². The van der Waals surface area contributed by atoms with Crippen LogP contribution in [0.3, 0.4) is 0 Å². The van der Waals surface area contributed by atoms with Crippen LogP contribution in [0.1, 0.15) is 40.7 Å². The second kappa shape index (κ2) is 27.0. The fourth-order valence-electron chi connectivity index (χ4n) is 7.25. The lowest BCUT2D eigenvalue weighted by atomic mass is 10.0. The molecule has 0 spiro atoms. The molecule has 0 atom stereocenters. The molecular weight excluding hydrogens is 1130 g/mol. The molecule has 0 saturated carbocycles.